The first-order chi connectivity index (χ1) is 8.75. The summed E-state index contributed by atoms with van der Waals surface area (Å²) in [6, 6.07) is 7.51. The van der Waals surface area contributed by atoms with E-state index in [0.717, 1.165) is 23.0 Å². The zero-order chi connectivity index (χ0) is 12.8. The van der Waals surface area contributed by atoms with Gasteiger partial charge in [-0.15, -0.1) is 0 Å². The van der Waals surface area contributed by atoms with Gasteiger partial charge in [-0.25, -0.2) is 4.39 Å². The Morgan fingerprint density at radius 3 is 2.89 bits per heavy atom. The van der Waals surface area contributed by atoms with E-state index in [-0.39, 0.29) is 5.82 Å². The summed E-state index contributed by atoms with van der Waals surface area (Å²) >= 11 is 6.85. The van der Waals surface area contributed by atoms with Crippen LogP contribution < -0.4 is 10.6 Å². The standard InChI is InChI=1S/C13H17FN2S2/c14-12-4-2-1-3-10(12)9-18-8-7-15-13(17)16-11-5-6-11/h1-4,11H,5-9H2,(H2,15,16,17). The van der Waals surface area contributed by atoms with Crippen LogP contribution in [0.2, 0.25) is 0 Å². The van der Waals surface area contributed by atoms with Crippen molar-refractivity contribution >= 4 is 29.1 Å². The summed E-state index contributed by atoms with van der Waals surface area (Å²) in [7, 11) is 0. The molecule has 98 valence electrons. The maximum absolute atomic E-state index is 13.3. The summed E-state index contributed by atoms with van der Waals surface area (Å²) in [6.45, 7) is 0.817. The van der Waals surface area contributed by atoms with Crippen LogP contribution in [0.15, 0.2) is 24.3 Å². The smallest absolute Gasteiger partial charge is 0.166 e. The molecule has 0 spiro atoms. The number of halogens is 1. The Morgan fingerprint density at radius 2 is 2.17 bits per heavy atom. The number of thiocarbonyl (C=S) groups is 1. The number of benzene rings is 1. The van der Waals surface area contributed by atoms with Gasteiger partial charge in [0.25, 0.3) is 0 Å². The van der Waals surface area contributed by atoms with Crippen molar-refractivity contribution in [2.75, 3.05) is 12.3 Å². The van der Waals surface area contributed by atoms with Crippen LogP contribution in [0.4, 0.5) is 4.39 Å². The second-order valence-electron chi connectivity index (χ2n) is 4.32. The third-order valence-corrected chi connectivity index (χ3v) is 3.93. The lowest BCUT2D eigenvalue weighted by molar-refractivity contribution is 0.617. The van der Waals surface area contributed by atoms with Gasteiger partial charge in [0.15, 0.2) is 5.11 Å². The molecule has 0 bridgehead atoms. The van der Waals surface area contributed by atoms with Gasteiger partial charge in [-0.05, 0) is 36.7 Å². The van der Waals surface area contributed by atoms with Crippen LogP contribution >= 0.6 is 24.0 Å². The van der Waals surface area contributed by atoms with Gasteiger partial charge in [0, 0.05) is 24.1 Å². The minimum Gasteiger partial charge on any atom is -0.362 e. The summed E-state index contributed by atoms with van der Waals surface area (Å²) in [5, 5.41) is 7.12. The Labute approximate surface area is 117 Å². The van der Waals surface area contributed by atoms with Crippen molar-refractivity contribution in [1.29, 1.82) is 0 Å². The molecule has 1 aliphatic rings. The highest BCUT2D eigenvalue weighted by atomic mass is 32.2. The highest BCUT2D eigenvalue weighted by Crippen LogP contribution is 2.18. The number of hydrogen-bond acceptors (Lipinski definition) is 2. The molecule has 1 aromatic carbocycles. The Kier molecular flexibility index (Phi) is 5.26. The summed E-state index contributed by atoms with van der Waals surface area (Å²) in [6.07, 6.45) is 2.45. The fraction of sp³-hybridized carbons (Fsp3) is 0.462. The molecule has 0 amide bonds. The van der Waals surface area contributed by atoms with Crippen LogP contribution in [0.3, 0.4) is 0 Å². The molecule has 0 atom stereocenters. The maximum Gasteiger partial charge on any atom is 0.166 e. The molecule has 5 heteroatoms. The molecular formula is C13H17FN2S2. The van der Waals surface area contributed by atoms with Crippen molar-refractivity contribution in [3.8, 4) is 0 Å². The molecule has 0 saturated heterocycles. The second-order valence-corrected chi connectivity index (χ2v) is 5.83. The fourth-order valence-corrected chi connectivity index (χ4v) is 2.61. The summed E-state index contributed by atoms with van der Waals surface area (Å²) in [5.41, 5.74) is 0.765. The Balaban J connectivity index is 1.55. The Bertz CT molecular complexity index is 408. The van der Waals surface area contributed by atoms with Crippen molar-refractivity contribution in [2.24, 2.45) is 0 Å². The molecule has 0 heterocycles. The van der Waals surface area contributed by atoms with Crippen molar-refractivity contribution in [3.05, 3.63) is 35.6 Å². The van der Waals surface area contributed by atoms with E-state index in [9.17, 15) is 4.39 Å². The fourth-order valence-electron chi connectivity index (χ4n) is 1.50. The van der Waals surface area contributed by atoms with Gasteiger partial charge in [0.05, 0.1) is 0 Å². The van der Waals surface area contributed by atoms with Crippen LogP contribution in [0.5, 0.6) is 0 Å². The van der Waals surface area contributed by atoms with E-state index in [4.69, 9.17) is 12.2 Å². The molecule has 18 heavy (non-hydrogen) atoms. The minimum atomic E-state index is -0.121. The molecule has 2 nitrogen and oxygen atoms in total. The summed E-state index contributed by atoms with van der Waals surface area (Å²) in [5.74, 6) is 1.50. The maximum atomic E-state index is 13.3. The first-order valence-electron chi connectivity index (χ1n) is 6.11. The number of nitrogens with one attached hydrogen (secondary N) is 2. The van der Waals surface area contributed by atoms with E-state index in [1.165, 1.54) is 18.9 Å². The van der Waals surface area contributed by atoms with Crippen LogP contribution in [0.1, 0.15) is 18.4 Å². The van der Waals surface area contributed by atoms with Crippen LogP contribution in [0.25, 0.3) is 0 Å². The third kappa shape index (κ3) is 4.82. The summed E-state index contributed by atoms with van der Waals surface area (Å²) < 4.78 is 13.3. The first-order valence-corrected chi connectivity index (χ1v) is 7.67. The molecule has 2 rings (SSSR count). The number of rotatable bonds is 6. The molecule has 2 N–H and O–H groups in total. The van der Waals surface area contributed by atoms with Crippen molar-refractivity contribution < 1.29 is 4.39 Å². The van der Waals surface area contributed by atoms with Gasteiger partial charge in [-0.1, -0.05) is 18.2 Å². The van der Waals surface area contributed by atoms with Gasteiger partial charge in [-0.2, -0.15) is 11.8 Å². The number of hydrogen-bond donors (Lipinski definition) is 2. The zero-order valence-electron chi connectivity index (χ0n) is 10.1. The van der Waals surface area contributed by atoms with Gasteiger partial charge in [-0.3, -0.25) is 0 Å². The average molecular weight is 284 g/mol. The highest BCUT2D eigenvalue weighted by molar-refractivity contribution is 7.98. The van der Waals surface area contributed by atoms with E-state index in [1.54, 1.807) is 17.8 Å². The minimum absolute atomic E-state index is 0.121. The molecular weight excluding hydrogens is 267 g/mol. The Morgan fingerprint density at radius 1 is 1.39 bits per heavy atom. The van der Waals surface area contributed by atoms with Crippen molar-refractivity contribution in [3.63, 3.8) is 0 Å². The topological polar surface area (TPSA) is 24.1 Å². The lowest BCUT2D eigenvalue weighted by Crippen LogP contribution is -2.37. The van der Waals surface area contributed by atoms with Crippen LogP contribution in [-0.2, 0) is 5.75 Å². The van der Waals surface area contributed by atoms with E-state index in [2.05, 4.69) is 10.6 Å². The van der Waals surface area contributed by atoms with E-state index in [1.807, 2.05) is 12.1 Å². The third-order valence-electron chi connectivity index (χ3n) is 2.66. The highest BCUT2D eigenvalue weighted by Gasteiger charge is 2.21. The monoisotopic (exact) mass is 284 g/mol. The molecule has 1 saturated carbocycles. The molecule has 0 radical (unpaired) electrons. The summed E-state index contributed by atoms with van der Waals surface area (Å²) in [4.78, 5) is 0. The van der Waals surface area contributed by atoms with Gasteiger partial charge < -0.3 is 10.6 Å². The molecule has 1 fully saturated rings. The average Bonchev–Trinajstić information content (AvgIpc) is 3.15. The molecule has 0 unspecified atom stereocenters. The van der Waals surface area contributed by atoms with Gasteiger partial charge in [0.1, 0.15) is 5.82 Å². The normalized spacial score (nSPS) is 14.3. The van der Waals surface area contributed by atoms with Crippen molar-refractivity contribution in [1.82, 2.24) is 10.6 Å². The van der Waals surface area contributed by atoms with Gasteiger partial charge >= 0.3 is 0 Å². The lowest BCUT2D eigenvalue weighted by atomic mass is 10.2. The molecule has 1 aromatic rings. The SMILES string of the molecule is Fc1ccccc1CSCCNC(=S)NC1CC1. The molecule has 0 aliphatic heterocycles. The van der Waals surface area contributed by atoms with Crippen molar-refractivity contribution in [2.45, 2.75) is 24.6 Å². The van der Waals surface area contributed by atoms with Crippen LogP contribution in [0, 0.1) is 5.82 Å². The van der Waals surface area contributed by atoms with E-state index >= 15 is 0 Å². The molecule has 0 aromatic heterocycles. The second kappa shape index (κ2) is 6.95. The lowest BCUT2D eigenvalue weighted by Gasteiger charge is -2.09. The zero-order valence-corrected chi connectivity index (χ0v) is 11.7. The van der Waals surface area contributed by atoms with E-state index < -0.39 is 0 Å². The van der Waals surface area contributed by atoms with Gasteiger partial charge in [0.2, 0.25) is 0 Å². The predicted octanol–water partition coefficient (Wildman–Crippen LogP) is 2.69. The van der Waals surface area contributed by atoms with Crippen LogP contribution in [-0.4, -0.2) is 23.5 Å². The quantitative estimate of drug-likeness (QED) is 0.619. The largest absolute Gasteiger partial charge is 0.362 e. The predicted molar refractivity (Wildman–Crippen MR) is 79.3 cm³/mol. The molecule has 1 aliphatic carbocycles. The Hall–Kier alpha value is -0.810. The van der Waals surface area contributed by atoms with E-state index in [0.29, 0.717) is 11.8 Å². The number of thioether (sulfide) groups is 1. The first kappa shape index (κ1) is 13.6.